The van der Waals surface area contributed by atoms with Crippen molar-refractivity contribution in [2.45, 2.75) is 38.6 Å². The topological polar surface area (TPSA) is 64.0 Å². The lowest BCUT2D eigenvalue weighted by atomic mass is 9.97. The normalized spacial score (nSPS) is 13.6. The third-order valence-electron chi connectivity index (χ3n) is 3.91. The molecule has 0 atom stereocenters. The Labute approximate surface area is 132 Å². The molecule has 2 aromatic rings. The molecule has 5 nitrogen and oxygen atoms in total. The number of amides is 1. The minimum Gasteiger partial charge on any atom is -0.345 e. The van der Waals surface area contributed by atoms with Crippen LogP contribution in [0.2, 0.25) is 0 Å². The average Bonchev–Trinajstić information content (AvgIpc) is 2.91. The second-order valence-electron chi connectivity index (χ2n) is 5.37. The molecule has 1 aliphatic rings. The number of aryl methyl sites for hydroxylation is 3. The Bertz CT molecular complexity index is 813. The van der Waals surface area contributed by atoms with Crippen LogP contribution in [-0.2, 0) is 24.2 Å². The first kappa shape index (κ1) is 14.8. The van der Waals surface area contributed by atoms with Gasteiger partial charge in [0, 0.05) is 17.8 Å². The molecule has 0 fully saturated rings. The summed E-state index contributed by atoms with van der Waals surface area (Å²) in [7, 11) is 0. The van der Waals surface area contributed by atoms with Gasteiger partial charge in [-0.05, 0) is 31.2 Å². The van der Waals surface area contributed by atoms with E-state index in [9.17, 15) is 9.59 Å². The van der Waals surface area contributed by atoms with Gasteiger partial charge in [-0.3, -0.25) is 14.2 Å². The molecule has 0 aliphatic heterocycles. The lowest BCUT2D eigenvalue weighted by Gasteiger charge is -2.10. The fraction of sp³-hybridized carbons (Fsp3) is 0.438. The molecular formula is C16H17N3O2S. The summed E-state index contributed by atoms with van der Waals surface area (Å²) in [6, 6.07) is 0. The second-order valence-corrected chi connectivity index (χ2v) is 6.45. The van der Waals surface area contributed by atoms with Gasteiger partial charge in [-0.1, -0.05) is 5.92 Å². The maximum atomic E-state index is 12.7. The van der Waals surface area contributed by atoms with Gasteiger partial charge in [0.2, 0.25) is 5.91 Å². The van der Waals surface area contributed by atoms with Crippen LogP contribution in [-0.4, -0.2) is 22.0 Å². The van der Waals surface area contributed by atoms with Crippen LogP contribution in [0.25, 0.3) is 10.2 Å². The van der Waals surface area contributed by atoms with Crippen molar-refractivity contribution in [1.82, 2.24) is 14.9 Å². The minimum absolute atomic E-state index is 0.0332. The first-order chi connectivity index (χ1) is 10.7. The molecule has 2 aromatic heterocycles. The van der Waals surface area contributed by atoms with E-state index >= 15 is 0 Å². The van der Waals surface area contributed by atoms with Gasteiger partial charge >= 0.3 is 0 Å². The van der Waals surface area contributed by atoms with E-state index in [-0.39, 0.29) is 24.4 Å². The van der Waals surface area contributed by atoms with E-state index in [2.05, 4.69) is 16.2 Å². The zero-order valence-electron chi connectivity index (χ0n) is 12.2. The molecule has 1 amide bonds. The molecular weight excluding hydrogens is 298 g/mol. The molecule has 0 aromatic carbocycles. The molecule has 22 heavy (non-hydrogen) atoms. The number of nitrogens with one attached hydrogen (secondary N) is 1. The highest BCUT2D eigenvalue weighted by molar-refractivity contribution is 7.18. The van der Waals surface area contributed by atoms with Crippen LogP contribution in [0.5, 0.6) is 0 Å². The summed E-state index contributed by atoms with van der Waals surface area (Å²) in [5.74, 6) is 2.20. The largest absolute Gasteiger partial charge is 0.345 e. The summed E-state index contributed by atoms with van der Waals surface area (Å²) in [6.07, 6.45) is 11.2. The van der Waals surface area contributed by atoms with Crippen LogP contribution in [0.15, 0.2) is 11.1 Å². The highest BCUT2D eigenvalue weighted by Gasteiger charge is 2.19. The SMILES string of the molecule is C#CCNC(=O)CCn1cnc2sc3c(c2c1=O)CCCC3. The van der Waals surface area contributed by atoms with Crippen LogP contribution in [0, 0.1) is 12.3 Å². The summed E-state index contributed by atoms with van der Waals surface area (Å²) >= 11 is 1.63. The third kappa shape index (κ3) is 2.77. The van der Waals surface area contributed by atoms with Crippen LogP contribution in [0.3, 0.4) is 0 Å². The number of rotatable bonds is 4. The van der Waals surface area contributed by atoms with Crippen molar-refractivity contribution >= 4 is 27.5 Å². The average molecular weight is 315 g/mol. The number of hydrogen-bond acceptors (Lipinski definition) is 4. The van der Waals surface area contributed by atoms with Gasteiger partial charge in [-0.15, -0.1) is 17.8 Å². The summed E-state index contributed by atoms with van der Waals surface area (Å²) in [5, 5.41) is 3.35. The third-order valence-corrected chi connectivity index (χ3v) is 5.11. The summed E-state index contributed by atoms with van der Waals surface area (Å²) in [6.45, 7) is 0.534. The van der Waals surface area contributed by atoms with Gasteiger partial charge in [-0.2, -0.15) is 0 Å². The molecule has 1 aliphatic carbocycles. The van der Waals surface area contributed by atoms with Crippen molar-refractivity contribution < 1.29 is 4.79 Å². The molecule has 2 heterocycles. The summed E-state index contributed by atoms with van der Waals surface area (Å²) < 4.78 is 1.53. The van der Waals surface area contributed by atoms with Crippen molar-refractivity contribution in [2.24, 2.45) is 0 Å². The van der Waals surface area contributed by atoms with Crippen molar-refractivity contribution in [3.8, 4) is 12.3 Å². The maximum Gasteiger partial charge on any atom is 0.262 e. The highest BCUT2D eigenvalue weighted by Crippen LogP contribution is 2.33. The Morgan fingerprint density at radius 2 is 2.27 bits per heavy atom. The summed E-state index contributed by atoms with van der Waals surface area (Å²) in [5.41, 5.74) is 1.14. The maximum absolute atomic E-state index is 12.7. The highest BCUT2D eigenvalue weighted by atomic mass is 32.1. The zero-order valence-corrected chi connectivity index (χ0v) is 13.0. The van der Waals surface area contributed by atoms with E-state index in [4.69, 9.17) is 6.42 Å². The minimum atomic E-state index is -0.155. The molecule has 0 unspecified atom stereocenters. The van der Waals surface area contributed by atoms with Crippen LogP contribution in [0.1, 0.15) is 29.7 Å². The first-order valence-corrected chi connectivity index (χ1v) is 8.22. The quantitative estimate of drug-likeness (QED) is 0.869. The van der Waals surface area contributed by atoms with Crippen molar-refractivity contribution in [1.29, 1.82) is 0 Å². The molecule has 0 saturated heterocycles. The van der Waals surface area contributed by atoms with Crippen molar-refractivity contribution in [3.05, 3.63) is 27.1 Å². The fourth-order valence-electron chi connectivity index (χ4n) is 2.80. The molecule has 0 bridgehead atoms. The number of carbonyl (C=O) groups excluding carboxylic acids is 1. The van der Waals surface area contributed by atoms with E-state index in [0.717, 1.165) is 29.5 Å². The predicted octanol–water partition coefficient (Wildman–Crippen LogP) is 1.48. The van der Waals surface area contributed by atoms with Crippen molar-refractivity contribution in [3.63, 3.8) is 0 Å². The number of hydrogen-bond donors (Lipinski definition) is 1. The van der Waals surface area contributed by atoms with E-state index < -0.39 is 0 Å². The summed E-state index contributed by atoms with van der Waals surface area (Å²) in [4.78, 5) is 30.8. The fourth-order valence-corrected chi connectivity index (χ4v) is 4.02. The zero-order chi connectivity index (χ0) is 15.5. The van der Waals surface area contributed by atoms with Gasteiger partial charge in [0.15, 0.2) is 0 Å². The lowest BCUT2D eigenvalue weighted by Crippen LogP contribution is -2.27. The van der Waals surface area contributed by atoms with Crippen LogP contribution < -0.4 is 10.9 Å². The van der Waals surface area contributed by atoms with E-state index in [1.54, 1.807) is 17.7 Å². The number of nitrogens with zero attached hydrogens (tertiary/aromatic N) is 2. The number of fused-ring (bicyclic) bond motifs is 3. The van der Waals surface area contributed by atoms with Crippen molar-refractivity contribution in [2.75, 3.05) is 6.54 Å². The van der Waals surface area contributed by atoms with E-state index in [1.165, 1.54) is 21.4 Å². The Hall–Kier alpha value is -2.13. The molecule has 6 heteroatoms. The number of carbonyl (C=O) groups is 1. The predicted molar refractivity (Wildman–Crippen MR) is 87.0 cm³/mol. The molecule has 114 valence electrons. The van der Waals surface area contributed by atoms with Gasteiger partial charge in [-0.25, -0.2) is 4.98 Å². The molecule has 3 rings (SSSR count). The number of thiophene rings is 1. The first-order valence-electron chi connectivity index (χ1n) is 7.40. The Morgan fingerprint density at radius 1 is 1.45 bits per heavy atom. The smallest absolute Gasteiger partial charge is 0.262 e. The number of terminal acetylenes is 1. The van der Waals surface area contributed by atoms with E-state index in [0.29, 0.717) is 6.54 Å². The Morgan fingerprint density at radius 3 is 3.09 bits per heavy atom. The Balaban J connectivity index is 1.86. The molecule has 0 radical (unpaired) electrons. The van der Waals surface area contributed by atoms with Gasteiger partial charge in [0.25, 0.3) is 5.56 Å². The van der Waals surface area contributed by atoms with E-state index in [1.807, 2.05) is 0 Å². The van der Waals surface area contributed by atoms with Crippen LogP contribution in [0.4, 0.5) is 0 Å². The molecule has 0 spiro atoms. The van der Waals surface area contributed by atoms with Crippen LogP contribution >= 0.6 is 11.3 Å². The van der Waals surface area contributed by atoms with Gasteiger partial charge in [0.1, 0.15) is 4.83 Å². The number of aromatic nitrogens is 2. The van der Waals surface area contributed by atoms with Gasteiger partial charge in [0.05, 0.1) is 18.3 Å². The lowest BCUT2D eigenvalue weighted by molar-refractivity contribution is -0.121. The Kier molecular flexibility index (Phi) is 4.25. The van der Waals surface area contributed by atoms with Gasteiger partial charge < -0.3 is 5.32 Å². The molecule has 0 saturated carbocycles. The molecule has 1 N–H and O–H groups in total. The monoisotopic (exact) mass is 315 g/mol. The second kappa shape index (κ2) is 6.32. The standard InChI is InChI=1S/C16H17N3O2S/c1-2-8-17-13(20)7-9-19-10-18-15-14(16(19)21)11-5-3-4-6-12(11)22-15/h1,10H,3-9H2,(H,17,20).